The zero-order chi connectivity index (χ0) is 12.5. The molecule has 2 aliphatic carbocycles. The highest BCUT2D eigenvalue weighted by Crippen LogP contribution is 2.49. The SMILES string of the molecule is CC1CCC(C(C)(C)C2CCC(S)CC2)CC1. The van der Waals surface area contributed by atoms with Gasteiger partial charge in [0.2, 0.25) is 0 Å². The topological polar surface area (TPSA) is 0 Å². The van der Waals surface area contributed by atoms with Gasteiger partial charge in [-0.3, -0.25) is 0 Å². The van der Waals surface area contributed by atoms with Gasteiger partial charge < -0.3 is 0 Å². The minimum Gasteiger partial charge on any atom is -0.176 e. The molecule has 2 fully saturated rings. The second-order valence-corrected chi connectivity index (χ2v) is 8.01. The van der Waals surface area contributed by atoms with E-state index in [1.807, 2.05) is 0 Å². The summed E-state index contributed by atoms with van der Waals surface area (Å²) in [6.45, 7) is 7.53. The Bertz CT molecular complexity index is 206. The maximum atomic E-state index is 4.64. The minimum absolute atomic E-state index is 0.577. The summed E-state index contributed by atoms with van der Waals surface area (Å²) < 4.78 is 0. The standard InChI is InChI=1S/C16H30S/c1-12-4-6-13(7-5-12)16(2,3)14-8-10-15(17)11-9-14/h12-15,17H,4-11H2,1-3H3. The summed E-state index contributed by atoms with van der Waals surface area (Å²) in [4.78, 5) is 0. The van der Waals surface area contributed by atoms with Crippen molar-refractivity contribution >= 4 is 12.6 Å². The van der Waals surface area contributed by atoms with E-state index in [0.29, 0.717) is 10.7 Å². The van der Waals surface area contributed by atoms with Crippen molar-refractivity contribution in [2.75, 3.05) is 0 Å². The van der Waals surface area contributed by atoms with Crippen LogP contribution in [0, 0.1) is 23.2 Å². The van der Waals surface area contributed by atoms with Crippen molar-refractivity contribution < 1.29 is 0 Å². The second kappa shape index (κ2) is 5.55. The molecule has 0 aromatic carbocycles. The molecule has 0 bridgehead atoms. The molecule has 100 valence electrons. The van der Waals surface area contributed by atoms with Crippen LogP contribution in [-0.4, -0.2) is 5.25 Å². The summed E-state index contributed by atoms with van der Waals surface area (Å²) >= 11 is 4.64. The molecule has 1 heteroatoms. The zero-order valence-corrected chi connectivity index (χ0v) is 12.8. The Kier molecular flexibility index (Phi) is 4.50. The third-order valence-electron chi connectivity index (χ3n) is 5.82. The van der Waals surface area contributed by atoms with Crippen LogP contribution in [0.15, 0.2) is 0 Å². The predicted molar refractivity (Wildman–Crippen MR) is 79.6 cm³/mol. The Balaban J connectivity index is 1.93. The van der Waals surface area contributed by atoms with Crippen molar-refractivity contribution in [3.8, 4) is 0 Å². The zero-order valence-electron chi connectivity index (χ0n) is 11.9. The van der Waals surface area contributed by atoms with Crippen LogP contribution in [0.4, 0.5) is 0 Å². The highest BCUT2D eigenvalue weighted by atomic mass is 32.1. The van der Waals surface area contributed by atoms with Crippen LogP contribution in [0.1, 0.15) is 72.1 Å². The number of thiol groups is 1. The van der Waals surface area contributed by atoms with Crippen LogP contribution < -0.4 is 0 Å². The van der Waals surface area contributed by atoms with E-state index in [0.717, 1.165) is 17.8 Å². The van der Waals surface area contributed by atoms with Crippen LogP contribution in [0.5, 0.6) is 0 Å². The quantitative estimate of drug-likeness (QED) is 0.633. The molecule has 0 aliphatic heterocycles. The molecule has 2 aliphatic rings. The normalized spacial score (nSPS) is 40.2. The smallest absolute Gasteiger partial charge is 0.00170 e. The Morgan fingerprint density at radius 1 is 0.765 bits per heavy atom. The molecule has 0 nitrogen and oxygen atoms in total. The fraction of sp³-hybridized carbons (Fsp3) is 1.00. The van der Waals surface area contributed by atoms with Gasteiger partial charge >= 0.3 is 0 Å². The first-order valence-corrected chi connectivity index (χ1v) is 8.20. The van der Waals surface area contributed by atoms with E-state index in [9.17, 15) is 0 Å². The van der Waals surface area contributed by atoms with E-state index >= 15 is 0 Å². The molecular weight excluding hydrogens is 224 g/mol. The van der Waals surface area contributed by atoms with E-state index in [-0.39, 0.29) is 0 Å². The van der Waals surface area contributed by atoms with E-state index in [1.54, 1.807) is 0 Å². The van der Waals surface area contributed by atoms with Gasteiger partial charge in [-0.05, 0) is 61.7 Å². The summed E-state index contributed by atoms with van der Waals surface area (Å²) in [5, 5.41) is 0.688. The van der Waals surface area contributed by atoms with Crippen LogP contribution in [0.3, 0.4) is 0 Å². The molecule has 0 spiro atoms. The van der Waals surface area contributed by atoms with E-state index in [1.165, 1.54) is 51.4 Å². The van der Waals surface area contributed by atoms with Gasteiger partial charge in [-0.1, -0.05) is 33.6 Å². The molecule has 0 atom stereocenters. The summed E-state index contributed by atoms with van der Waals surface area (Å²) in [5.74, 6) is 2.93. The minimum atomic E-state index is 0.577. The summed E-state index contributed by atoms with van der Waals surface area (Å²) in [7, 11) is 0. The molecule has 2 saturated carbocycles. The van der Waals surface area contributed by atoms with Gasteiger partial charge in [0.25, 0.3) is 0 Å². The van der Waals surface area contributed by atoms with Gasteiger partial charge in [-0.25, -0.2) is 0 Å². The molecule has 0 N–H and O–H groups in total. The average molecular weight is 254 g/mol. The van der Waals surface area contributed by atoms with Crippen molar-refractivity contribution in [3.63, 3.8) is 0 Å². The monoisotopic (exact) mass is 254 g/mol. The number of hydrogen-bond donors (Lipinski definition) is 1. The Morgan fingerprint density at radius 3 is 1.65 bits per heavy atom. The van der Waals surface area contributed by atoms with Crippen molar-refractivity contribution in [2.24, 2.45) is 23.2 Å². The number of rotatable bonds is 2. The van der Waals surface area contributed by atoms with Gasteiger partial charge in [-0.2, -0.15) is 12.6 Å². The lowest BCUT2D eigenvalue weighted by Crippen LogP contribution is -2.37. The molecular formula is C16H30S. The van der Waals surface area contributed by atoms with E-state index < -0.39 is 0 Å². The second-order valence-electron chi connectivity index (χ2n) is 7.28. The van der Waals surface area contributed by atoms with E-state index in [2.05, 4.69) is 33.4 Å². The van der Waals surface area contributed by atoms with Crippen molar-refractivity contribution in [1.82, 2.24) is 0 Å². The molecule has 0 unspecified atom stereocenters. The Labute approximate surface area is 113 Å². The van der Waals surface area contributed by atoms with Gasteiger partial charge in [0, 0.05) is 5.25 Å². The predicted octanol–water partition coefficient (Wildman–Crippen LogP) is 5.33. The molecule has 0 heterocycles. The highest BCUT2D eigenvalue weighted by molar-refractivity contribution is 7.80. The molecule has 0 saturated heterocycles. The fourth-order valence-corrected chi connectivity index (χ4v) is 4.46. The molecule has 0 aromatic heterocycles. The molecule has 0 amide bonds. The van der Waals surface area contributed by atoms with Gasteiger partial charge in [0.1, 0.15) is 0 Å². The molecule has 0 aromatic rings. The van der Waals surface area contributed by atoms with Gasteiger partial charge in [-0.15, -0.1) is 0 Å². The highest BCUT2D eigenvalue weighted by Gasteiger charge is 2.39. The fourth-order valence-electron chi connectivity index (χ4n) is 4.16. The Morgan fingerprint density at radius 2 is 1.18 bits per heavy atom. The van der Waals surface area contributed by atoms with Crippen LogP contribution in [-0.2, 0) is 0 Å². The van der Waals surface area contributed by atoms with Crippen molar-refractivity contribution in [3.05, 3.63) is 0 Å². The van der Waals surface area contributed by atoms with Crippen molar-refractivity contribution in [1.29, 1.82) is 0 Å². The molecule has 2 rings (SSSR count). The van der Waals surface area contributed by atoms with Gasteiger partial charge in [0.15, 0.2) is 0 Å². The summed E-state index contributed by atoms with van der Waals surface area (Å²) in [6, 6.07) is 0. The van der Waals surface area contributed by atoms with E-state index in [4.69, 9.17) is 0 Å². The maximum Gasteiger partial charge on any atom is 0.00170 e. The van der Waals surface area contributed by atoms with Crippen LogP contribution in [0.25, 0.3) is 0 Å². The Hall–Kier alpha value is 0.350. The van der Waals surface area contributed by atoms with Crippen LogP contribution >= 0.6 is 12.6 Å². The third kappa shape index (κ3) is 3.22. The molecule has 0 radical (unpaired) electrons. The largest absolute Gasteiger partial charge is 0.176 e. The first kappa shape index (κ1) is 13.8. The van der Waals surface area contributed by atoms with Crippen LogP contribution in [0.2, 0.25) is 0 Å². The lowest BCUT2D eigenvalue weighted by Gasteiger charge is -2.46. The molecule has 17 heavy (non-hydrogen) atoms. The van der Waals surface area contributed by atoms with Crippen molar-refractivity contribution in [2.45, 2.75) is 77.4 Å². The summed E-state index contributed by atoms with van der Waals surface area (Å²) in [6.07, 6.45) is 11.4. The van der Waals surface area contributed by atoms with Gasteiger partial charge in [0.05, 0.1) is 0 Å². The summed E-state index contributed by atoms with van der Waals surface area (Å²) in [5.41, 5.74) is 0.577. The maximum absolute atomic E-state index is 4.64. The lowest BCUT2D eigenvalue weighted by molar-refractivity contribution is 0.0510. The lowest BCUT2D eigenvalue weighted by atomic mass is 9.60. The first-order chi connectivity index (χ1) is 8.00. The first-order valence-electron chi connectivity index (χ1n) is 7.68. The number of hydrogen-bond acceptors (Lipinski definition) is 1. The average Bonchev–Trinajstić information content (AvgIpc) is 2.30. The third-order valence-corrected chi connectivity index (χ3v) is 6.33.